The number of carbonyl (C=O) groups excluding carboxylic acids is 2. The van der Waals surface area contributed by atoms with Crippen LogP contribution in [-0.4, -0.2) is 24.9 Å². The van der Waals surface area contributed by atoms with Crippen molar-refractivity contribution in [2.24, 2.45) is 11.8 Å². The van der Waals surface area contributed by atoms with E-state index in [2.05, 4.69) is 16.2 Å². The third-order valence-electron chi connectivity index (χ3n) is 2.63. The standard InChI is InChI=1S/C11H21N3O2/c1-8(2)7-10(15)13-14-11(16)9-3-5-12-6-4-9/h8-9,12H,3-7H2,1-2H3,(H,13,15)(H,14,16). The molecule has 5 nitrogen and oxygen atoms in total. The van der Waals surface area contributed by atoms with Gasteiger partial charge in [-0.25, -0.2) is 0 Å². The van der Waals surface area contributed by atoms with Gasteiger partial charge in [0.2, 0.25) is 11.8 Å². The first-order valence-corrected chi connectivity index (χ1v) is 5.89. The zero-order chi connectivity index (χ0) is 12.0. The molecule has 16 heavy (non-hydrogen) atoms. The molecule has 0 aromatic carbocycles. The van der Waals surface area contributed by atoms with Crippen LogP contribution in [0, 0.1) is 11.8 Å². The van der Waals surface area contributed by atoms with Gasteiger partial charge in [-0.3, -0.25) is 20.4 Å². The van der Waals surface area contributed by atoms with E-state index in [1.807, 2.05) is 13.8 Å². The van der Waals surface area contributed by atoms with Crippen molar-refractivity contribution in [2.75, 3.05) is 13.1 Å². The fraction of sp³-hybridized carbons (Fsp3) is 0.818. The van der Waals surface area contributed by atoms with Crippen LogP contribution in [0.15, 0.2) is 0 Å². The molecule has 0 bridgehead atoms. The van der Waals surface area contributed by atoms with Gasteiger partial charge in [-0.15, -0.1) is 0 Å². The van der Waals surface area contributed by atoms with E-state index in [4.69, 9.17) is 0 Å². The minimum atomic E-state index is -0.128. The molecule has 0 saturated carbocycles. The molecule has 0 aliphatic carbocycles. The van der Waals surface area contributed by atoms with Crippen LogP contribution in [0.2, 0.25) is 0 Å². The van der Waals surface area contributed by atoms with Crippen molar-refractivity contribution in [3.63, 3.8) is 0 Å². The van der Waals surface area contributed by atoms with Crippen LogP contribution in [0.25, 0.3) is 0 Å². The Morgan fingerprint density at radius 1 is 1.25 bits per heavy atom. The molecule has 0 atom stereocenters. The Balaban J connectivity index is 2.21. The zero-order valence-corrected chi connectivity index (χ0v) is 10.0. The average molecular weight is 227 g/mol. The maximum atomic E-state index is 11.6. The molecule has 1 saturated heterocycles. The second-order valence-corrected chi connectivity index (χ2v) is 4.66. The summed E-state index contributed by atoms with van der Waals surface area (Å²) in [4.78, 5) is 22.9. The Hall–Kier alpha value is -1.10. The third-order valence-corrected chi connectivity index (χ3v) is 2.63. The lowest BCUT2D eigenvalue weighted by molar-refractivity contribution is -0.132. The maximum Gasteiger partial charge on any atom is 0.241 e. The highest BCUT2D eigenvalue weighted by atomic mass is 16.2. The highest BCUT2D eigenvalue weighted by molar-refractivity contribution is 5.83. The molecule has 0 aromatic rings. The second kappa shape index (κ2) is 6.48. The summed E-state index contributed by atoms with van der Waals surface area (Å²) in [6.07, 6.45) is 2.12. The van der Waals surface area contributed by atoms with Crippen molar-refractivity contribution in [3.05, 3.63) is 0 Å². The fourth-order valence-electron chi connectivity index (χ4n) is 1.74. The van der Waals surface area contributed by atoms with Crippen LogP contribution in [-0.2, 0) is 9.59 Å². The van der Waals surface area contributed by atoms with E-state index in [9.17, 15) is 9.59 Å². The highest BCUT2D eigenvalue weighted by Crippen LogP contribution is 2.10. The van der Waals surface area contributed by atoms with Crippen LogP contribution >= 0.6 is 0 Å². The van der Waals surface area contributed by atoms with E-state index in [1.165, 1.54) is 0 Å². The molecule has 1 heterocycles. The molecular formula is C11H21N3O2. The number of nitrogens with one attached hydrogen (secondary N) is 3. The summed E-state index contributed by atoms with van der Waals surface area (Å²) in [5, 5.41) is 3.19. The van der Waals surface area contributed by atoms with Gasteiger partial charge in [0, 0.05) is 12.3 Å². The van der Waals surface area contributed by atoms with Crippen molar-refractivity contribution in [2.45, 2.75) is 33.1 Å². The Labute approximate surface area is 96.3 Å². The van der Waals surface area contributed by atoms with Crippen LogP contribution < -0.4 is 16.2 Å². The van der Waals surface area contributed by atoms with E-state index in [0.717, 1.165) is 25.9 Å². The van der Waals surface area contributed by atoms with Crippen LogP contribution in [0.3, 0.4) is 0 Å². The van der Waals surface area contributed by atoms with Gasteiger partial charge in [0.05, 0.1) is 0 Å². The average Bonchev–Trinajstić information content (AvgIpc) is 2.26. The van der Waals surface area contributed by atoms with Gasteiger partial charge in [-0.2, -0.15) is 0 Å². The normalized spacial score (nSPS) is 17.2. The molecule has 0 spiro atoms. The second-order valence-electron chi connectivity index (χ2n) is 4.66. The van der Waals surface area contributed by atoms with Gasteiger partial charge in [0.25, 0.3) is 0 Å². The van der Waals surface area contributed by atoms with Gasteiger partial charge in [-0.05, 0) is 31.8 Å². The van der Waals surface area contributed by atoms with Crippen molar-refractivity contribution in [3.8, 4) is 0 Å². The molecule has 2 amide bonds. The predicted octanol–water partition coefficient (Wildman–Crippen LogP) is 0.180. The summed E-state index contributed by atoms with van der Waals surface area (Å²) in [5.41, 5.74) is 4.94. The summed E-state index contributed by atoms with van der Waals surface area (Å²) in [5.74, 6) is 0.132. The van der Waals surface area contributed by atoms with Crippen LogP contribution in [0.4, 0.5) is 0 Å². The van der Waals surface area contributed by atoms with Crippen LogP contribution in [0.1, 0.15) is 33.1 Å². The van der Waals surface area contributed by atoms with E-state index in [0.29, 0.717) is 12.3 Å². The molecule has 92 valence electrons. The number of amides is 2. The summed E-state index contributed by atoms with van der Waals surface area (Å²) in [6, 6.07) is 0. The first kappa shape index (κ1) is 13.0. The Morgan fingerprint density at radius 2 is 1.88 bits per heavy atom. The van der Waals surface area contributed by atoms with Gasteiger partial charge in [-0.1, -0.05) is 13.8 Å². The number of hydrogen-bond donors (Lipinski definition) is 3. The molecule has 1 fully saturated rings. The van der Waals surface area contributed by atoms with Crippen molar-refractivity contribution in [1.82, 2.24) is 16.2 Å². The molecule has 0 aromatic heterocycles. The topological polar surface area (TPSA) is 70.2 Å². The van der Waals surface area contributed by atoms with E-state index >= 15 is 0 Å². The highest BCUT2D eigenvalue weighted by Gasteiger charge is 2.20. The monoisotopic (exact) mass is 227 g/mol. The summed E-state index contributed by atoms with van der Waals surface area (Å²) in [6.45, 7) is 5.68. The zero-order valence-electron chi connectivity index (χ0n) is 10.0. The SMILES string of the molecule is CC(C)CC(=O)NNC(=O)C1CCNCC1. The van der Waals surface area contributed by atoms with Gasteiger partial charge < -0.3 is 5.32 Å². The molecule has 1 aliphatic heterocycles. The Kier molecular flexibility index (Phi) is 5.25. The summed E-state index contributed by atoms with van der Waals surface area (Å²) in [7, 11) is 0. The molecule has 1 aliphatic rings. The molecular weight excluding hydrogens is 206 g/mol. The number of hydrazine groups is 1. The minimum Gasteiger partial charge on any atom is -0.317 e. The van der Waals surface area contributed by atoms with Crippen molar-refractivity contribution >= 4 is 11.8 Å². The maximum absolute atomic E-state index is 11.6. The quantitative estimate of drug-likeness (QED) is 0.602. The number of carbonyl (C=O) groups is 2. The van der Waals surface area contributed by atoms with Crippen LogP contribution in [0.5, 0.6) is 0 Å². The fourth-order valence-corrected chi connectivity index (χ4v) is 1.74. The lowest BCUT2D eigenvalue weighted by Crippen LogP contribution is -2.46. The molecule has 0 radical (unpaired) electrons. The molecule has 0 unspecified atom stereocenters. The smallest absolute Gasteiger partial charge is 0.241 e. The largest absolute Gasteiger partial charge is 0.317 e. The molecule has 5 heteroatoms. The number of rotatable bonds is 3. The lowest BCUT2D eigenvalue weighted by Gasteiger charge is -2.21. The van der Waals surface area contributed by atoms with E-state index in [-0.39, 0.29) is 17.7 Å². The predicted molar refractivity (Wildman–Crippen MR) is 61.3 cm³/mol. The first-order valence-electron chi connectivity index (χ1n) is 5.89. The van der Waals surface area contributed by atoms with Gasteiger partial charge in [0.15, 0.2) is 0 Å². The van der Waals surface area contributed by atoms with Crippen molar-refractivity contribution < 1.29 is 9.59 Å². The lowest BCUT2D eigenvalue weighted by atomic mass is 9.98. The molecule has 3 N–H and O–H groups in total. The number of hydrogen-bond acceptors (Lipinski definition) is 3. The first-order chi connectivity index (χ1) is 7.59. The van der Waals surface area contributed by atoms with E-state index < -0.39 is 0 Å². The summed E-state index contributed by atoms with van der Waals surface area (Å²) < 4.78 is 0. The van der Waals surface area contributed by atoms with Gasteiger partial charge >= 0.3 is 0 Å². The summed E-state index contributed by atoms with van der Waals surface area (Å²) >= 11 is 0. The number of piperidine rings is 1. The minimum absolute atomic E-state index is 0.0283. The van der Waals surface area contributed by atoms with Crippen molar-refractivity contribution in [1.29, 1.82) is 0 Å². The van der Waals surface area contributed by atoms with Gasteiger partial charge in [0.1, 0.15) is 0 Å². The molecule has 1 rings (SSSR count). The Bertz CT molecular complexity index is 248. The van der Waals surface area contributed by atoms with E-state index in [1.54, 1.807) is 0 Å². The Morgan fingerprint density at radius 3 is 2.44 bits per heavy atom. The third kappa shape index (κ3) is 4.61.